The third-order valence-electron chi connectivity index (χ3n) is 2.49. The third-order valence-corrected chi connectivity index (χ3v) is 2.49. The molecule has 1 rings (SSSR count). The molecule has 0 radical (unpaired) electrons. The smallest absolute Gasteiger partial charge is 0.0978 e. The highest BCUT2D eigenvalue weighted by atomic mass is 15.2. The molecule has 1 saturated heterocycles. The van der Waals surface area contributed by atoms with E-state index in [0.29, 0.717) is 6.04 Å². The molecule has 0 aliphatic carbocycles. The maximum atomic E-state index is 8.88. The van der Waals surface area contributed by atoms with Crippen LogP contribution >= 0.6 is 0 Å². The highest BCUT2D eigenvalue weighted by molar-refractivity contribution is 4.94. The molecular weight excluding hydrogens is 150 g/mol. The molecule has 3 nitrogen and oxygen atoms in total. The minimum absolute atomic E-state index is 0.113. The average molecular weight is 167 g/mol. The molecule has 1 fully saturated rings. The lowest BCUT2D eigenvalue weighted by Crippen LogP contribution is -2.53. The summed E-state index contributed by atoms with van der Waals surface area (Å²) < 4.78 is 0. The summed E-state index contributed by atoms with van der Waals surface area (Å²) in [7, 11) is 0. The molecule has 0 aromatic carbocycles. The van der Waals surface area contributed by atoms with Crippen LogP contribution in [0.4, 0.5) is 0 Å². The Bertz CT molecular complexity index is 173. The van der Waals surface area contributed by atoms with Gasteiger partial charge in [0, 0.05) is 25.7 Å². The Balaban J connectivity index is 2.53. The fourth-order valence-corrected chi connectivity index (χ4v) is 1.72. The van der Waals surface area contributed by atoms with Gasteiger partial charge < -0.3 is 5.32 Å². The van der Waals surface area contributed by atoms with Crippen LogP contribution in [-0.2, 0) is 0 Å². The van der Waals surface area contributed by atoms with Crippen LogP contribution < -0.4 is 5.32 Å². The predicted octanol–water partition coefficient (Wildman–Crippen LogP) is 0.582. The predicted molar refractivity (Wildman–Crippen MR) is 48.7 cm³/mol. The van der Waals surface area contributed by atoms with Crippen molar-refractivity contribution < 1.29 is 0 Å². The number of hydrogen-bond acceptors (Lipinski definition) is 3. The highest BCUT2D eigenvalue weighted by Gasteiger charge is 2.23. The molecule has 1 unspecified atom stereocenters. The Labute approximate surface area is 74.4 Å². The van der Waals surface area contributed by atoms with Gasteiger partial charge >= 0.3 is 0 Å². The summed E-state index contributed by atoms with van der Waals surface area (Å²) in [6.07, 6.45) is 0.931. The summed E-state index contributed by atoms with van der Waals surface area (Å²) >= 11 is 0. The normalized spacial score (nSPS) is 27.9. The number of rotatable bonds is 2. The lowest BCUT2D eigenvalue weighted by molar-refractivity contribution is 0.141. The minimum atomic E-state index is 0.113. The van der Waals surface area contributed by atoms with Gasteiger partial charge in [-0.1, -0.05) is 6.92 Å². The first-order chi connectivity index (χ1) is 5.79. The van der Waals surface area contributed by atoms with Gasteiger partial charge in [0.05, 0.1) is 12.1 Å². The summed E-state index contributed by atoms with van der Waals surface area (Å²) in [5.41, 5.74) is 0. The van der Waals surface area contributed by atoms with Gasteiger partial charge in [-0.3, -0.25) is 4.90 Å². The zero-order valence-corrected chi connectivity index (χ0v) is 7.88. The summed E-state index contributed by atoms with van der Waals surface area (Å²) in [5, 5.41) is 12.2. The second kappa shape index (κ2) is 4.44. The van der Waals surface area contributed by atoms with Crippen molar-refractivity contribution in [3.8, 4) is 6.07 Å². The van der Waals surface area contributed by atoms with Crippen LogP contribution in [0.15, 0.2) is 0 Å². The highest BCUT2D eigenvalue weighted by Crippen LogP contribution is 2.09. The van der Waals surface area contributed by atoms with E-state index in [2.05, 4.69) is 30.1 Å². The van der Waals surface area contributed by atoms with Crippen LogP contribution in [0.25, 0.3) is 0 Å². The van der Waals surface area contributed by atoms with Crippen molar-refractivity contribution >= 4 is 0 Å². The van der Waals surface area contributed by atoms with E-state index in [1.54, 1.807) is 0 Å². The van der Waals surface area contributed by atoms with Crippen molar-refractivity contribution in [2.24, 2.45) is 0 Å². The van der Waals surface area contributed by atoms with E-state index in [1.165, 1.54) is 0 Å². The topological polar surface area (TPSA) is 39.1 Å². The largest absolute Gasteiger partial charge is 0.314 e. The Morgan fingerprint density at radius 2 is 2.50 bits per heavy atom. The molecule has 1 N–H and O–H groups in total. The Morgan fingerprint density at radius 3 is 3.00 bits per heavy atom. The van der Waals surface area contributed by atoms with Crippen molar-refractivity contribution in [3.63, 3.8) is 0 Å². The molecule has 2 atom stereocenters. The second-order valence-electron chi connectivity index (χ2n) is 3.34. The first-order valence-electron chi connectivity index (χ1n) is 4.65. The van der Waals surface area contributed by atoms with E-state index >= 15 is 0 Å². The van der Waals surface area contributed by atoms with Crippen molar-refractivity contribution in [1.29, 1.82) is 5.26 Å². The fraction of sp³-hybridized carbons (Fsp3) is 0.889. The monoisotopic (exact) mass is 167 g/mol. The van der Waals surface area contributed by atoms with Crippen LogP contribution in [0.5, 0.6) is 0 Å². The van der Waals surface area contributed by atoms with Crippen molar-refractivity contribution in [2.75, 3.05) is 19.6 Å². The molecular formula is C9H17N3. The van der Waals surface area contributed by atoms with Crippen LogP contribution in [-0.4, -0.2) is 36.6 Å². The standard InChI is InChI=1S/C9H17N3/c1-3-9(6-10)12-5-4-11-7-8(12)2/h8-9,11H,3-5,7H2,1-2H3/t8-,9?/m1/s1. The Morgan fingerprint density at radius 1 is 1.75 bits per heavy atom. The zero-order chi connectivity index (χ0) is 8.97. The lowest BCUT2D eigenvalue weighted by Gasteiger charge is -2.36. The van der Waals surface area contributed by atoms with Crippen LogP contribution in [0, 0.1) is 11.3 Å². The maximum absolute atomic E-state index is 8.88. The number of nitrogens with one attached hydrogen (secondary N) is 1. The second-order valence-corrected chi connectivity index (χ2v) is 3.34. The molecule has 1 aliphatic rings. The maximum Gasteiger partial charge on any atom is 0.0978 e. The molecule has 0 aromatic rings. The molecule has 12 heavy (non-hydrogen) atoms. The zero-order valence-electron chi connectivity index (χ0n) is 7.88. The molecule has 0 spiro atoms. The van der Waals surface area contributed by atoms with Crippen LogP contribution in [0.2, 0.25) is 0 Å². The molecule has 68 valence electrons. The van der Waals surface area contributed by atoms with Crippen molar-refractivity contribution in [2.45, 2.75) is 32.4 Å². The van der Waals surface area contributed by atoms with Gasteiger partial charge in [-0.2, -0.15) is 5.26 Å². The lowest BCUT2D eigenvalue weighted by atomic mass is 10.1. The number of nitriles is 1. The molecule has 0 bridgehead atoms. The van der Waals surface area contributed by atoms with E-state index in [1.807, 2.05) is 0 Å². The van der Waals surface area contributed by atoms with Crippen LogP contribution in [0.1, 0.15) is 20.3 Å². The number of nitrogens with zero attached hydrogens (tertiary/aromatic N) is 2. The molecule has 0 aromatic heterocycles. The van der Waals surface area contributed by atoms with Gasteiger partial charge in [-0.05, 0) is 13.3 Å². The SMILES string of the molecule is CCC(C#N)N1CCNC[C@H]1C. The average Bonchev–Trinajstić information content (AvgIpc) is 2.10. The third kappa shape index (κ3) is 1.96. The van der Waals surface area contributed by atoms with E-state index < -0.39 is 0 Å². The summed E-state index contributed by atoms with van der Waals surface area (Å²) in [5.74, 6) is 0. The molecule has 1 aliphatic heterocycles. The van der Waals surface area contributed by atoms with E-state index in [-0.39, 0.29) is 6.04 Å². The summed E-state index contributed by atoms with van der Waals surface area (Å²) in [6.45, 7) is 7.28. The van der Waals surface area contributed by atoms with Gasteiger partial charge in [0.2, 0.25) is 0 Å². The van der Waals surface area contributed by atoms with Gasteiger partial charge in [0.1, 0.15) is 0 Å². The minimum Gasteiger partial charge on any atom is -0.314 e. The van der Waals surface area contributed by atoms with Gasteiger partial charge in [0.25, 0.3) is 0 Å². The van der Waals surface area contributed by atoms with Crippen LogP contribution in [0.3, 0.4) is 0 Å². The van der Waals surface area contributed by atoms with Gasteiger partial charge in [-0.25, -0.2) is 0 Å². The molecule has 0 amide bonds. The first kappa shape index (κ1) is 9.50. The van der Waals surface area contributed by atoms with E-state index in [4.69, 9.17) is 5.26 Å². The number of piperazine rings is 1. The van der Waals surface area contributed by atoms with E-state index in [9.17, 15) is 0 Å². The van der Waals surface area contributed by atoms with Gasteiger partial charge in [0.15, 0.2) is 0 Å². The summed E-state index contributed by atoms with van der Waals surface area (Å²) in [6, 6.07) is 2.97. The van der Waals surface area contributed by atoms with Gasteiger partial charge in [-0.15, -0.1) is 0 Å². The first-order valence-corrected chi connectivity index (χ1v) is 4.65. The summed E-state index contributed by atoms with van der Waals surface area (Å²) in [4.78, 5) is 2.29. The molecule has 3 heteroatoms. The quantitative estimate of drug-likeness (QED) is 0.654. The molecule has 1 heterocycles. The van der Waals surface area contributed by atoms with E-state index in [0.717, 1.165) is 26.1 Å². The Hall–Kier alpha value is -0.590. The van der Waals surface area contributed by atoms with Crippen molar-refractivity contribution in [1.82, 2.24) is 10.2 Å². The number of hydrogen-bond donors (Lipinski definition) is 1. The van der Waals surface area contributed by atoms with Crippen molar-refractivity contribution in [3.05, 3.63) is 0 Å². The molecule has 0 saturated carbocycles. The fourth-order valence-electron chi connectivity index (χ4n) is 1.72. The Kier molecular flexibility index (Phi) is 3.51.